The van der Waals surface area contributed by atoms with Gasteiger partial charge in [0.05, 0.1) is 10.8 Å². The van der Waals surface area contributed by atoms with E-state index in [1.54, 1.807) is 18.0 Å². The number of aliphatic imine (C=N–C) groups is 2. The highest BCUT2D eigenvalue weighted by Crippen LogP contribution is 2.27. The van der Waals surface area contributed by atoms with E-state index in [0.29, 0.717) is 10.4 Å². The van der Waals surface area contributed by atoms with Crippen molar-refractivity contribution in [1.82, 2.24) is 0 Å². The highest BCUT2D eigenvalue weighted by Gasteiger charge is 2.24. The van der Waals surface area contributed by atoms with Gasteiger partial charge in [0.1, 0.15) is 11.2 Å². The molecule has 2 nitrogen and oxygen atoms in total. The fourth-order valence-electron chi connectivity index (χ4n) is 0.928. The number of nitrogens with zero attached hydrogens (tertiary/aromatic N) is 2. The minimum Gasteiger partial charge on any atom is -0.276 e. The summed E-state index contributed by atoms with van der Waals surface area (Å²) < 4.78 is 0. The van der Waals surface area contributed by atoms with Gasteiger partial charge in [-0.15, -0.1) is 11.8 Å². The summed E-state index contributed by atoms with van der Waals surface area (Å²) in [4.78, 5) is 8.12. The molecule has 0 bridgehead atoms. The molecule has 10 heavy (non-hydrogen) atoms. The fourth-order valence-corrected chi connectivity index (χ4v) is 2.06. The van der Waals surface area contributed by atoms with Crippen LogP contribution in [0, 0.1) is 0 Å². The van der Waals surface area contributed by atoms with Crippen LogP contribution in [0.15, 0.2) is 21.2 Å². The Morgan fingerprint density at radius 3 is 3.40 bits per heavy atom. The van der Waals surface area contributed by atoms with Gasteiger partial charge in [0.15, 0.2) is 0 Å². The molecule has 0 saturated heterocycles. The molecule has 0 amide bonds. The Morgan fingerprint density at radius 2 is 2.50 bits per heavy atom. The summed E-state index contributed by atoms with van der Waals surface area (Å²) in [5, 5.41) is 0.976. The molecule has 0 spiro atoms. The first kappa shape index (κ1) is 6.43. The second-order valence-corrected chi connectivity index (χ2v) is 3.53. The van der Waals surface area contributed by atoms with Crippen molar-refractivity contribution < 1.29 is 0 Å². The summed E-state index contributed by atoms with van der Waals surface area (Å²) in [6.07, 6.45) is 3.73. The lowest BCUT2D eigenvalue weighted by Gasteiger charge is -2.11. The number of fused-ring (bicyclic) bond motifs is 1. The quantitative estimate of drug-likeness (QED) is 0.510. The van der Waals surface area contributed by atoms with Crippen molar-refractivity contribution in [2.75, 3.05) is 0 Å². The van der Waals surface area contributed by atoms with Gasteiger partial charge in [-0.25, -0.2) is 4.99 Å². The lowest BCUT2D eigenvalue weighted by Crippen LogP contribution is -2.19. The Labute approximate surface area is 68.1 Å². The molecule has 2 aliphatic rings. The first-order valence-corrected chi connectivity index (χ1v) is 4.27. The number of rotatable bonds is 0. The number of hydrogen-bond donors (Lipinski definition) is 0. The van der Waals surface area contributed by atoms with E-state index >= 15 is 0 Å². The molecular weight excluding hydrogens is 168 g/mol. The Balaban J connectivity index is 2.25. The first-order chi connectivity index (χ1) is 4.86. The average molecular weight is 173 g/mol. The van der Waals surface area contributed by atoms with Gasteiger partial charge in [0, 0.05) is 6.21 Å². The Morgan fingerprint density at radius 1 is 1.60 bits per heavy atom. The minimum atomic E-state index is 0.229. The standard InChI is InChI=1S/C6H5ClN2S/c7-6-1-5-4(2-8-6)9-3-10-5/h1-5H. The minimum absolute atomic E-state index is 0.229. The lowest BCUT2D eigenvalue weighted by atomic mass is 10.2. The molecule has 2 rings (SSSR count). The zero-order valence-electron chi connectivity index (χ0n) is 5.07. The fraction of sp³-hybridized carbons (Fsp3) is 0.333. The molecule has 2 aliphatic heterocycles. The molecule has 2 unspecified atom stereocenters. The third-order valence-corrected chi connectivity index (χ3v) is 2.64. The van der Waals surface area contributed by atoms with Crippen LogP contribution in [0.25, 0.3) is 0 Å². The van der Waals surface area contributed by atoms with Crippen molar-refractivity contribution in [3.8, 4) is 0 Å². The molecular formula is C6H5ClN2S. The molecule has 0 N–H and O–H groups in total. The molecule has 0 aromatic rings. The smallest absolute Gasteiger partial charge is 0.125 e. The number of halogens is 1. The largest absolute Gasteiger partial charge is 0.276 e. The van der Waals surface area contributed by atoms with E-state index in [2.05, 4.69) is 9.98 Å². The van der Waals surface area contributed by atoms with Crippen LogP contribution in [-0.2, 0) is 0 Å². The molecule has 0 aromatic carbocycles. The van der Waals surface area contributed by atoms with Gasteiger partial charge in [0.2, 0.25) is 0 Å². The summed E-state index contributed by atoms with van der Waals surface area (Å²) in [5.41, 5.74) is 1.85. The van der Waals surface area contributed by atoms with Gasteiger partial charge in [0.25, 0.3) is 0 Å². The van der Waals surface area contributed by atoms with E-state index in [1.807, 2.05) is 11.6 Å². The zero-order chi connectivity index (χ0) is 6.97. The van der Waals surface area contributed by atoms with Crippen LogP contribution in [-0.4, -0.2) is 23.1 Å². The van der Waals surface area contributed by atoms with Gasteiger partial charge in [-0.3, -0.25) is 4.99 Å². The van der Waals surface area contributed by atoms with Crippen molar-refractivity contribution >= 4 is 35.1 Å². The predicted molar refractivity (Wildman–Crippen MR) is 46.1 cm³/mol. The maximum Gasteiger partial charge on any atom is 0.125 e. The topological polar surface area (TPSA) is 24.7 Å². The van der Waals surface area contributed by atoms with Gasteiger partial charge in [-0.1, -0.05) is 11.6 Å². The monoisotopic (exact) mass is 172 g/mol. The molecule has 0 aromatic heterocycles. The maximum absolute atomic E-state index is 5.68. The Bertz CT molecular complexity index is 234. The highest BCUT2D eigenvalue weighted by molar-refractivity contribution is 8.13. The summed E-state index contributed by atoms with van der Waals surface area (Å²) >= 11 is 7.36. The zero-order valence-corrected chi connectivity index (χ0v) is 6.64. The summed E-state index contributed by atoms with van der Waals surface area (Å²) in [7, 11) is 0. The molecule has 2 heterocycles. The SMILES string of the molecule is ClC1=CC2SC=NC2C=N1. The van der Waals surface area contributed by atoms with Gasteiger partial charge in [-0.05, 0) is 6.08 Å². The van der Waals surface area contributed by atoms with Crippen molar-refractivity contribution in [3.63, 3.8) is 0 Å². The van der Waals surface area contributed by atoms with Crippen LogP contribution in [0.3, 0.4) is 0 Å². The molecule has 2 atom stereocenters. The van der Waals surface area contributed by atoms with E-state index < -0.39 is 0 Å². The summed E-state index contributed by atoms with van der Waals surface area (Å²) in [5.74, 6) is 0. The number of hydrogen-bond acceptors (Lipinski definition) is 3. The van der Waals surface area contributed by atoms with E-state index in [1.165, 1.54) is 0 Å². The molecule has 52 valence electrons. The molecule has 0 radical (unpaired) electrons. The van der Waals surface area contributed by atoms with E-state index in [9.17, 15) is 0 Å². The lowest BCUT2D eigenvalue weighted by molar-refractivity contribution is 0.915. The second kappa shape index (κ2) is 2.40. The van der Waals surface area contributed by atoms with Crippen LogP contribution in [0.1, 0.15) is 0 Å². The third-order valence-electron chi connectivity index (χ3n) is 1.44. The van der Waals surface area contributed by atoms with Crippen LogP contribution in [0.5, 0.6) is 0 Å². The van der Waals surface area contributed by atoms with Crippen molar-refractivity contribution in [2.24, 2.45) is 9.98 Å². The summed E-state index contributed by atoms with van der Waals surface area (Å²) in [6, 6.07) is 0.229. The van der Waals surface area contributed by atoms with Crippen LogP contribution < -0.4 is 0 Å². The van der Waals surface area contributed by atoms with E-state index in [0.717, 1.165) is 0 Å². The first-order valence-electron chi connectivity index (χ1n) is 2.95. The van der Waals surface area contributed by atoms with Crippen molar-refractivity contribution in [2.45, 2.75) is 11.3 Å². The normalized spacial score (nSPS) is 35.9. The van der Waals surface area contributed by atoms with Gasteiger partial charge in [-0.2, -0.15) is 0 Å². The molecule has 0 saturated carbocycles. The third kappa shape index (κ3) is 0.995. The van der Waals surface area contributed by atoms with E-state index in [-0.39, 0.29) is 6.04 Å². The molecule has 0 aliphatic carbocycles. The number of thioether (sulfide) groups is 1. The predicted octanol–water partition coefficient (Wildman–Crippen LogP) is 1.66. The van der Waals surface area contributed by atoms with Gasteiger partial charge < -0.3 is 0 Å². The van der Waals surface area contributed by atoms with Crippen LogP contribution in [0.4, 0.5) is 0 Å². The summed E-state index contributed by atoms with van der Waals surface area (Å²) in [6.45, 7) is 0. The molecule has 4 heteroatoms. The van der Waals surface area contributed by atoms with E-state index in [4.69, 9.17) is 11.6 Å². The van der Waals surface area contributed by atoms with Crippen LogP contribution in [0.2, 0.25) is 0 Å². The molecule has 0 fully saturated rings. The maximum atomic E-state index is 5.68. The van der Waals surface area contributed by atoms with Gasteiger partial charge >= 0.3 is 0 Å². The average Bonchev–Trinajstić information content (AvgIpc) is 2.33. The van der Waals surface area contributed by atoms with Crippen molar-refractivity contribution in [3.05, 3.63) is 11.2 Å². The highest BCUT2D eigenvalue weighted by atomic mass is 35.5. The van der Waals surface area contributed by atoms with Crippen molar-refractivity contribution in [1.29, 1.82) is 0 Å². The Hall–Kier alpha value is -0.280. The van der Waals surface area contributed by atoms with Crippen LogP contribution >= 0.6 is 23.4 Å². The Kier molecular flexibility index (Phi) is 1.54. The second-order valence-electron chi connectivity index (χ2n) is 2.11.